The highest BCUT2D eigenvalue weighted by Gasteiger charge is 2.43. The fraction of sp³-hybridized carbons (Fsp3) is 0.462. The second-order valence-electron chi connectivity index (χ2n) is 4.46. The van der Waals surface area contributed by atoms with Gasteiger partial charge in [0.15, 0.2) is 6.10 Å². The van der Waals surface area contributed by atoms with Gasteiger partial charge < -0.3 is 9.47 Å². The van der Waals surface area contributed by atoms with Gasteiger partial charge in [0.1, 0.15) is 24.8 Å². The molecule has 2 aliphatic rings. The summed E-state index contributed by atoms with van der Waals surface area (Å²) in [6.07, 6.45) is 2.55. The highest BCUT2D eigenvalue weighted by molar-refractivity contribution is 5.45. The van der Waals surface area contributed by atoms with Crippen LogP contribution in [-0.2, 0) is 0 Å². The second kappa shape index (κ2) is 3.51. The molecule has 1 saturated heterocycles. The third-order valence-corrected chi connectivity index (χ3v) is 3.50. The lowest BCUT2D eigenvalue weighted by Crippen LogP contribution is -2.34. The molecule has 0 radical (unpaired) electrons. The van der Waals surface area contributed by atoms with Crippen LogP contribution in [0.2, 0.25) is 0 Å². The summed E-state index contributed by atoms with van der Waals surface area (Å²) in [5.74, 6) is 1.82. The van der Waals surface area contributed by atoms with Gasteiger partial charge in [-0.1, -0.05) is 0 Å². The van der Waals surface area contributed by atoms with Gasteiger partial charge in [-0.2, -0.15) is 0 Å². The molecular formula is C13H16NO2+. The molecule has 0 bridgehead atoms. The SMILES string of the molecule is C=[N+]1CCC[C@@H]2Oc3cc(OC)ccc3[C@@H]21. The number of benzene rings is 1. The van der Waals surface area contributed by atoms with Crippen molar-refractivity contribution in [2.75, 3.05) is 13.7 Å². The number of methoxy groups -OCH3 is 1. The number of piperidine rings is 1. The fourth-order valence-corrected chi connectivity index (χ4v) is 2.70. The number of hydrogen-bond acceptors (Lipinski definition) is 2. The van der Waals surface area contributed by atoms with Gasteiger partial charge in [-0.05, 0) is 18.6 Å². The molecule has 16 heavy (non-hydrogen) atoms. The van der Waals surface area contributed by atoms with Crippen molar-refractivity contribution in [3.8, 4) is 11.5 Å². The van der Waals surface area contributed by atoms with Crippen molar-refractivity contribution in [2.45, 2.75) is 25.0 Å². The Hall–Kier alpha value is -1.51. The predicted octanol–water partition coefficient (Wildman–Crippen LogP) is 2.00. The second-order valence-corrected chi connectivity index (χ2v) is 4.46. The maximum Gasteiger partial charge on any atom is 0.217 e. The van der Waals surface area contributed by atoms with Crippen molar-refractivity contribution in [3.63, 3.8) is 0 Å². The van der Waals surface area contributed by atoms with Crippen molar-refractivity contribution in [1.29, 1.82) is 0 Å². The molecular weight excluding hydrogens is 202 g/mol. The van der Waals surface area contributed by atoms with Crippen LogP contribution in [0, 0.1) is 0 Å². The minimum absolute atomic E-state index is 0.272. The van der Waals surface area contributed by atoms with Crippen LogP contribution in [0.15, 0.2) is 18.2 Å². The number of nitrogens with zero attached hydrogens (tertiary/aromatic N) is 1. The van der Waals surface area contributed by atoms with Crippen LogP contribution in [0.1, 0.15) is 24.4 Å². The third kappa shape index (κ3) is 1.31. The summed E-state index contributed by atoms with van der Waals surface area (Å²) in [4.78, 5) is 0. The van der Waals surface area contributed by atoms with Gasteiger partial charge >= 0.3 is 0 Å². The van der Waals surface area contributed by atoms with E-state index >= 15 is 0 Å². The molecule has 0 amide bonds. The van der Waals surface area contributed by atoms with Gasteiger partial charge in [-0.15, -0.1) is 0 Å². The Bertz CT molecular complexity index is 442. The lowest BCUT2D eigenvalue weighted by Gasteiger charge is -2.21. The van der Waals surface area contributed by atoms with E-state index in [-0.39, 0.29) is 6.10 Å². The van der Waals surface area contributed by atoms with Gasteiger partial charge in [0, 0.05) is 12.5 Å². The molecule has 0 aromatic heterocycles. The van der Waals surface area contributed by atoms with E-state index in [9.17, 15) is 0 Å². The number of rotatable bonds is 1. The van der Waals surface area contributed by atoms with Gasteiger partial charge in [-0.3, -0.25) is 0 Å². The molecule has 3 nitrogen and oxygen atoms in total. The predicted molar refractivity (Wildman–Crippen MR) is 61.6 cm³/mol. The maximum absolute atomic E-state index is 5.96. The number of hydrogen-bond donors (Lipinski definition) is 0. The average Bonchev–Trinajstić information content (AvgIpc) is 2.67. The van der Waals surface area contributed by atoms with Gasteiger partial charge in [0.25, 0.3) is 0 Å². The van der Waals surface area contributed by atoms with E-state index in [2.05, 4.69) is 17.4 Å². The highest BCUT2D eigenvalue weighted by atomic mass is 16.5. The molecule has 0 saturated carbocycles. The summed E-state index contributed by atoms with van der Waals surface area (Å²) in [6.45, 7) is 5.16. The Morgan fingerprint density at radius 1 is 1.50 bits per heavy atom. The first-order chi connectivity index (χ1) is 7.79. The van der Waals surface area contributed by atoms with E-state index in [0.717, 1.165) is 30.9 Å². The molecule has 2 heterocycles. The van der Waals surface area contributed by atoms with Crippen molar-refractivity contribution in [1.82, 2.24) is 0 Å². The third-order valence-electron chi connectivity index (χ3n) is 3.50. The molecule has 0 unspecified atom stereocenters. The lowest BCUT2D eigenvalue weighted by molar-refractivity contribution is -0.581. The monoisotopic (exact) mass is 218 g/mol. The quantitative estimate of drug-likeness (QED) is 0.672. The van der Waals surface area contributed by atoms with E-state index in [1.54, 1.807) is 7.11 Å². The van der Waals surface area contributed by atoms with Crippen LogP contribution in [0.3, 0.4) is 0 Å². The summed E-state index contributed by atoms with van der Waals surface area (Å²) in [6, 6.07) is 6.39. The normalized spacial score (nSPS) is 26.9. The van der Waals surface area contributed by atoms with Crippen LogP contribution < -0.4 is 9.47 Å². The molecule has 3 rings (SSSR count). The highest BCUT2D eigenvalue weighted by Crippen LogP contribution is 2.43. The van der Waals surface area contributed by atoms with E-state index in [1.165, 1.54) is 5.56 Å². The summed E-state index contributed by atoms with van der Waals surface area (Å²) in [5.41, 5.74) is 1.25. The van der Waals surface area contributed by atoms with Crippen LogP contribution in [0.5, 0.6) is 11.5 Å². The smallest absolute Gasteiger partial charge is 0.217 e. The summed E-state index contributed by atoms with van der Waals surface area (Å²) in [7, 11) is 1.68. The van der Waals surface area contributed by atoms with E-state index < -0.39 is 0 Å². The zero-order valence-corrected chi connectivity index (χ0v) is 9.48. The van der Waals surface area contributed by atoms with E-state index in [0.29, 0.717) is 6.04 Å². The lowest BCUT2D eigenvalue weighted by atomic mass is 9.96. The molecule has 0 N–H and O–H groups in total. The van der Waals surface area contributed by atoms with Crippen LogP contribution in [0.4, 0.5) is 0 Å². The van der Waals surface area contributed by atoms with Crippen molar-refractivity contribution in [3.05, 3.63) is 23.8 Å². The van der Waals surface area contributed by atoms with Gasteiger partial charge in [0.2, 0.25) is 6.04 Å². The van der Waals surface area contributed by atoms with Crippen LogP contribution >= 0.6 is 0 Å². The van der Waals surface area contributed by atoms with Crippen LogP contribution in [-0.4, -0.2) is 31.1 Å². The Morgan fingerprint density at radius 2 is 2.38 bits per heavy atom. The summed E-state index contributed by atoms with van der Waals surface area (Å²) < 4.78 is 13.3. The van der Waals surface area contributed by atoms with E-state index in [4.69, 9.17) is 9.47 Å². The Kier molecular flexibility index (Phi) is 2.13. The number of ether oxygens (including phenoxy) is 2. The molecule has 2 atom stereocenters. The van der Waals surface area contributed by atoms with Gasteiger partial charge in [-0.25, -0.2) is 4.58 Å². The molecule has 1 aromatic carbocycles. The van der Waals surface area contributed by atoms with Crippen LogP contribution in [0.25, 0.3) is 0 Å². The standard InChI is InChI=1S/C13H16NO2/c1-14-7-3-4-11-13(14)10-6-5-9(15-2)8-12(10)16-11/h5-6,8,11,13H,1,3-4,7H2,2H3/q+1/t11-,13-/m0/s1. The first-order valence-corrected chi connectivity index (χ1v) is 5.71. The molecule has 0 spiro atoms. The summed E-state index contributed by atoms with van der Waals surface area (Å²) >= 11 is 0. The summed E-state index contributed by atoms with van der Waals surface area (Å²) in [5, 5.41) is 0. The minimum atomic E-state index is 0.272. The zero-order valence-electron chi connectivity index (χ0n) is 9.48. The minimum Gasteiger partial charge on any atom is -0.497 e. The Morgan fingerprint density at radius 3 is 3.19 bits per heavy atom. The topological polar surface area (TPSA) is 21.5 Å². The number of fused-ring (bicyclic) bond motifs is 3. The first kappa shape index (κ1) is 9.70. The molecule has 1 aromatic rings. The fourth-order valence-electron chi connectivity index (χ4n) is 2.70. The average molecular weight is 218 g/mol. The van der Waals surface area contributed by atoms with Gasteiger partial charge in [0.05, 0.1) is 12.7 Å². The molecule has 84 valence electrons. The van der Waals surface area contributed by atoms with E-state index in [1.807, 2.05) is 12.1 Å². The maximum atomic E-state index is 5.96. The van der Waals surface area contributed by atoms with Crippen molar-refractivity contribution >= 4 is 6.72 Å². The van der Waals surface area contributed by atoms with Crippen molar-refractivity contribution < 1.29 is 14.0 Å². The molecule has 0 aliphatic carbocycles. The Balaban J connectivity index is 2.02. The van der Waals surface area contributed by atoms with Crippen molar-refractivity contribution in [2.24, 2.45) is 0 Å². The zero-order chi connectivity index (χ0) is 11.1. The first-order valence-electron chi connectivity index (χ1n) is 5.71. The Labute approximate surface area is 95.3 Å². The largest absolute Gasteiger partial charge is 0.497 e. The molecule has 3 heteroatoms. The molecule has 2 aliphatic heterocycles. The molecule has 1 fully saturated rings.